The molecule has 1 N–H and O–H groups in total. The molecule has 1 amide bonds. The quantitative estimate of drug-likeness (QED) is 0.853. The van der Waals surface area contributed by atoms with Gasteiger partial charge >= 0.3 is 0 Å². The number of piperidine rings is 1. The molecule has 4 heterocycles. The van der Waals surface area contributed by atoms with Gasteiger partial charge in [-0.05, 0) is 43.7 Å². The summed E-state index contributed by atoms with van der Waals surface area (Å²) < 4.78 is 8.59. The first-order valence-electron chi connectivity index (χ1n) is 10.3. The van der Waals surface area contributed by atoms with Crippen molar-refractivity contribution in [3.05, 3.63) is 48.3 Å². The predicted molar refractivity (Wildman–Crippen MR) is 103 cm³/mol. The van der Waals surface area contributed by atoms with Crippen LogP contribution in [0, 0.1) is 5.92 Å². The molecule has 1 atom stereocenters. The number of hydrogen-bond acceptors (Lipinski definition) is 5. The monoisotopic (exact) mass is 381 g/mol. The normalized spacial score (nSPS) is 24.1. The largest absolute Gasteiger partial charge is 0.354 e. The van der Waals surface area contributed by atoms with Crippen LogP contribution in [0.1, 0.15) is 37.2 Å². The standard InChI is InChI=1S/C21H27N5O2/c27-19(24-13-16-4-5-16)18-15-26-12-9-23-20(26)21(28-18)6-10-25(11-7-21)14-17-3-1-2-8-22-17/h1-3,8-9,12,16,18H,4-7,10-11,13-15H2,(H,24,27)/t18-/m0/s1. The minimum Gasteiger partial charge on any atom is -0.354 e. The summed E-state index contributed by atoms with van der Waals surface area (Å²) in [5.41, 5.74) is 0.617. The van der Waals surface area contributed by atoms with Crippen LogP contribution in [-0.4, -0.2) is 51.1 Å². The van der Waals surface area contributed by atoms with E-state index in [0.717, 1.165) is 50.5 Å². The number of hydrogen-bond donors (Lipinski definition) is 1. The number of pyridine rings is 1. The van der Waals surface area contributed by atoms with Crippen molar-refractivity contribution < 1.29 is 9.53 Å². The molecule has 1 spiro atoms. The van der Waals surface area contributed by atoms with Crippen molar-refractivity contribution in [3.63, 3.8) is 0 Å². The second kappa shape index (κ2) is 7.29. The van der Waals surface area contributed by atoms with E-state index in [4.69, 9.17) is 4.74 Å². The maximum absolute atomic E-state index is 12.7. The number of fused-ring (bicyclic) bond motifs is 2. The molecule has 1 aliphatic carbocycles. The van der Waals surface area contributed by atoms with Crippen LogP contribution in [0.2, 0.25) is 0 Å². The Bertz CT molecular complexity index is 824. The van der Waals surface area contributed by atoms with Crippen LogP contribution in [0.5, 0.6) is 0 Å². The molecule has 28 heavy (non-hydrogen) atoms. The van der Waals surface area contributed by atoms with Crippen LogP contribution in [0.15, 0.2) is 36.8 Å². The van der Waals surface area contributed by atoms with Crippen molar-refractivity contribution in [3.8, 4) is 0 Å². The molecule has 2 aromatic rings. The molecule has 2 aliphatic heterocycles. The molecule has 0 aromatic carbocycles. The van der Waals surface area contributed by atoms with E-state index in [1.54, 1.807) is 0 Å². The van der Waals surface area contributed by atoms with Gasteiger partial charge in [0.2, 0.25) is 0 Å². The van der Waals surface area contributed by atoms with E-state index in [2.05, 4.69) is 30.8 Å². The molecule has 148 valence electrons. The highest BCUT2D eigenvalue weighted by molar-refractivity contribution is 5.81. The van der Waals surface area contributed by atoms with Gasteiger partial charge in [-0.1, -0.05) is 6.07 Å². The molecule has 0 radical (unpaired) electrons. The van der Waals surface area contributed by atoms with Gasteiger partial charge in [-0.15, -0.1) is 0 Å². The topological polar surface area (TPSA) is 72.3 Å². The lowest BCUT2D eigenvalue weighted by Crippen LogP contribution is -2.54. The van der Waals surface area contributed by atoms with Gasteiger partial charge in [-0.2, -0.15) is 0 Å². The fraction of sp³-hybridized carbons (Fsp3) is 0.571. The van der Waals surface area contributed by atoms with Crippen LogP contribution in [-0.2, 0) is 28.2 Å². The summed E-state index contributed by atoms with van der Waals surface area (Å²) in [6.45, 7) is 3.97. The number of nitrogens with zero attached hydrogens (tertiary/aromatic N) is 4. The first kappa shape index (κ1) is 17.8. The van der Waals surface area contributed by atoms with E-state index in [0.29, 0.717) is 12.5 Å². The summed E-state index contributed by atoms with van der Waals surface area (Å²) in [6, 6.07) is 6.03. The van der Waals surface area contributed by atoms with Crippen molar-refractivity contribution in [2.75, 3.05) is 19.6 Å². The van der Waals surface area contributed by atoms with E-state index in [-0.39, 0.29) is 5.91 Å². The van der Waals surface area contributed by atoms with Gasteiger partial charge in [0.25, 0.3) is 5.91 Å². The van der Waals surface area contributed by atoms with Crippen molar-refractivity contribution in [2.45, 2.75) is 50.5 Å². The smallest absolute Gasteiger partial charge is 0.251 e. The van der Waals surface area contributed by atoms with Crippen LogP contribution >= 0.6 is 0 Å². The lowest BCUT2D eigenvalue weighted by Gasteiger charge is -2.45. The zero-order valence-corrected chi connectivity index (χ0v) is 16.1. The molecular weight excluding hydrogens is 354 g/mol. The number of imidazole rings is 1. The summed E-state index contributed by atoms with van der Waals surface area (Å²) in [4.78, 5) is 24.1. The molecule has 5 rings (SSSR count). The molecule has 7 nitrogen and oxygen atoms in total. The second-order valence-electron chi connectivity index (χ2n) is 8.29. The van der Waals surface area contributed by atoms with Gasteiger partial charge in [0.05, 0.1) is 12.2 Å². The Balaban J connectivity index is 1.27. The maximum Gasteiger partial charge on any atom is 0.251 e. The summed E-state index contributed by atoms with van der Waals surface area (Å²) >= 11 is 0. The molecule has 7 heteroatoms. The average molecular weight is 381 g/mol. The zero-order valence-electron chi connectivity index (χ0n) is 16.1. The third-order valence-electron chi connectivity index (χ3n) is 6.18. The van der Waals surface area contributed by atoms with Gasteiger partial charge in [-0.25, -0.2) is 4.98 Å². The number of likely N-dealkylation sites (tertiary alicyclic amines) is 1. The summed E-state index contributed by atoms with van der Waals surface area (Å²) in [6.07, 6.45) is 9.33. The van der Waals surface area contributed by atoms with Crippen LogP contribution < -0.4 is 5.32 Å². The number of aromatic nitrogens is 3. The van der Waals surface area contributed by atoms with Crippen LogP contribution in [0.25, 0.3) is 0 Å². The van der Waals surface area contributed by atoms with Crippen LogP contribution in [0.4, 0.5) is 0 Å². The predicted octanol–water partition coefficient (Wildman–Crippen LogP) is 1.69. The Morgan fingerprint density at radius 2 is 2.07 bits per heavy atom. The number of carbonyl (C=O) groups is 1. The van der Waals surface area contributed by atoms with Crippen molar-refractivity contribution >= 4 is 5.91 Å². The van der Waals surface area contributed by atoms with Crippen molar-refractivity contribution in [1.82, 2.24) is 24.8 Å². The Hall–Kier alpha value is -2.25. The van der Waals surface area contributed by atoms with Gasteiger partial charge < -0.3 is 14.6 Å². The molecule has 1 saturated carbocycles. The lowest BCUT2D eigenvalue weighted by molar-refractivity contribution is -0.173. The molecule has 1 saturated heterocycles. The van der Waals surface area contributed by atoms with Gasteiger partial charge in [0.1, 0.15) is 11.4 Å². The minimum atomic E-state index is -0.468. The average Bonchev–Trinajstić information content (AvgIpc) is 3.43. The minimum absolute atomic E-state index is 0.0153. The maximum atomic E-state index is 12.7. The Morgan fingerprint density at radius 1 is 1.21 bits per heavy atom. The summed E-state index contributed by atoms with van der Waals surface area (Å²) in [7, 11) is 0. The number of rotatable bonds is 5. The highest BCUT2D eigenvalue weighted by Gasteiger charge is 2.47. The van der Waals surface area contributed by atoms with E-state index in [1.165, 1.54) is 12.8 Å². The Morgan fingerprint density at radius 3 is 2.82 bits per heavy atom. The number of amides is 1. The molecule has 3 aliphatic rings. The molecular formula is C21H27N5O2. The Labute approximate surface area is 165 Å². The molecule has 2 aromatic heterocycles. The SMILES string of the molecule is O=C(NCC1CC1)[C@@H]1Cn2ccnc2C2(CCN(Cc3ccccn3)CC2)O1. The molecule has 0 unspecified atom stereocenters. The number of nitrogens with one attached hydrogen (secondary N) is 1. The van der Waals surface area contributed by atoms with E-state index < -0.39 is 11.7 Å². The fourth-order valence-electron chi connectivity index (χ4n) is 4.35. The van der Waals surface area contributed by atoms with Crippen molar-refractivity contribution in [1.29, 1.82) is 0 Å². The first-order chi connectivity index (χ1) is 13.7. The zero-order chi connectivity index (χ0) is 19.0. The number of ether oxygens (including phenoxy) is 1. The van der Waals surface area contributed by atoms with E-state index in [1.807, 2.05) is 30.7 Å². The van der Waals surface area contributed by atoms with Crippen LogP contribution in [0.3, 0.4) is 0 Å². The van der Waals surface area contributed by atoms with E-state index in [9.17, 15) is 4.79 Å². The highest BCUT2D eigenvalue weighted by atomic mass is 16.5. The molecule has 2 fully saturated rings. The lowest BCUT2D eigenvalue weighted by atomic mass is 9.88. The van der Waals surface area contributed by atoms with E-state index >= 15 is 0 Å². The third-order valence-corrected chi connectivity index (χ3v) is 6.18. The van der Waals surface area contributed by atoms with Gasteiger partial charge in [-0.3, -0.25) is 14.7 Å². The third kappa shape index (κ3) is 3.56. The Kier molecular flexibility index (Phi) is 4.64. The highest BCUT2D eigenvalue weighted by Crippen LogP contribution is 2.40. The second-order valence-corrected chi connectivity index (χ2v) is 8.29. The number of carbonyl (C=O) groups excluding carboxylic acids is 1. The fourth-order valence-corrected chi connectivity index (χ4v) is 4.35. The van der Waals surface area contributed by atoms with Gasteiger partial charge in [0, 0.05) is 44.8 Å². The van der Waals surface area contributed by atoms with Crippen molar-refractivity contribution in [2.24, 2.45) is 5.92 Å². The summed E-state index contributed by atoms with van der Waals surface area (Å²) in [5, 5.41) is 3.08. The van der Waals surface area contributed by atoms with Gasteiger partial charge in [0.15, 0.2) is 6.10 Å². The summed E-state index contributed by atoms with van der Waals surface area (Å²) in [5.74, 6) is 1.65. The molecule has 0 bridgehead atoms. The first-order valence-corrected chi connectivity index (χ1v) is 10.3.